The molecule has 2 fully saturated rings. The number of aromatic nitrogens is 6. The van der Waals surface area contributed by atoms with Gasteiger partial charge in [0.25, 0.3) is 0 Å². The summed E-state index contributed by atoms with van der Waals surface area (Å²) < 4.78 is 1.78. The summed E-state index contributed by atoms with van der Waals surface area (Å²) in [6.45, 7) is 1.97. The van der Waals surface area contributed by atoms with Gasteiger partial charge in [-0.2, -0.15) is 20.2 Å². The maximum Gasteiger partial charge on any atom is 0.226 e. The van der Waals surface area contributed by atoms with Crippen molar-refractivity contribution in [3.05, 3.63) is 18.0 Å². The number of piperidine rings is 1. The molecule has 0 amide bonds. The Morgan fingerprint density at radius 2 is 1.93 bits per heavy atom. The molecule has 1 unspecified atom stereocenters. The van der Waals surface area contributed by atoms with Crippen LogP contribution in [0.15, 0.2) is 12.3 Å². The van der Waals surface area contributed by atoms with Crippen LogP contribution in [0.2, 0.25) is 0 Å². The number of rotatable bonds is 4. The number of hydrogen-bond donors (Lipinski definition) is 3. The quantitative estimate of drug-likeness (QED) is 0.650. The van der Waals surface area contributed by atoms with Gasteiger partial charge in [-0.1, -0.05) is 0 Å². The predicted octanol–water partition coefficient (Wildman–Crippen LogP) is 2.18. The second-order valence-electron chi connectivity index (χ2n) is 7.83. The largest absolute Gasteiger partial charge is 0.351 e. The molecule has 9 nitrogen and oxygen atoms in total. The highest BCUT2D eigenvalue weighted by Crippen LogP contribution is 2.35. The first-order valence-electron chi connectivity index (χ1n) is 9.54. The van der Waals surface area contributed by atoms with E-state index in [0.29, 0.717) is 24.1 Å². The van der Waals surface area contributed by atoms with E-state index in [2.05, 4.69) is 37.9 Å². The van der Waals surface area contributed by atoms with Crippen LogP contribution in [0.25, 0.3) is 11.0 Å². The Kier molecular flexibility index (Phi) is 3.78. The first kappa shape index (κ1) is 16.5. The maximum atomic E-state index is 4.75. The molecule has 27 heavy (non-hydrogen) atoms. The van der Waals surface area contributed by atoms with Crippen molar-refractivity contribution in [3.8, 4) is 0 Å². The van der Waals surface area contributed by atoms with Crippen LogP contribution in [-0.4, -0.2) is 60.0 Å². The van der Waals surface area contributed by atoms with Gasteiger partial charge in [0.05, 0.1) is 11.6 Å². The molecule has 2 aliphatic heterocycles. The molecular formula is C18H25N9. The summed E-state index contributed by atoms with van der Waals surface area (Å²) in [5, 5.41) is 19.3. The van der Waals surface area contributed by atoms with Crippen LogP contribution in [0.4, 0.5) is 17.6 Å². The van der Waals surface area contributed by atoms with E-state index >= 15 is 0 Å². The van der Waals surface area contributed by atoms with E-state index in [1.54, 1.807) is 10.9 Å². The average Bonchev–Trinajstić information content (AvgIpc) is 3.26. The number of anilines is 3. The predicted molar refractivity (Wildman–Crippen MR) is 104 cm³/mol. The summed E-state index contributed by atoms with van der Waals surface area (Å²) >= 11 is 0. The third-order valence-corrected chi connectivity index (χ3v) is 5.98. The van der Waals surface area contributed by atoms with E-state index in [-0.39, 0.29) is 0 Å². The van der Waals surface area contributed by atoms with Crippen molar-refractivity contribution >= 4 is 28.6 Å². The lowest BCUT2D eigenvalue weighted by Crippen LogP contribution is -2.44. The van der Waals surface area contributed by atoms with Gasteiger partial charge in [-0.25, -0.2) is 0 Å². The summed E-state index contributed by atoms with van der Waals surface area (Å²) in [6, 6.07) is 3.70. The van der Waals surface area contributed by atoms with Gasteiger partial charge in [0.15, 0.2) is 11.5 Å². The minimum atomic E-state index is 0.407. The van der Waals surface area contributed by atoms with Crippen molar-refractivity contribution < 1.29 is 0 Å². The van der Waals surface area contributed by atoms with Gasteiger partial charge in [-0.15, -0.1) is 0 Å². The highest BCUT2D eigenvalue weighted by molar-refractivity contribution is 5.89. The molecule has 0 spiro atoms. The molecule has 2 aliphatic rings. The van der Waals surface area contributed by atoms with Crippen molar-refractivity contribution in [2.45, 2.75) is 50.7 Å². The molecule has 0 aromatic carbocycles. The van der Waals surface area contributed by atoms with Gasteiger partial charge in [0.2, 0.25) is 5.95 Å². The summed E-state index contributed by atoms with van der Waals surface area (Å²) in [6.07, 6.45) is 6.66. The Morgan fingerprint density at radius 3 is 2.63 bits per heavy atom. The fourth-order valence-corrected chi connectivity index (χ4v) is 4.50. The Hall–Kier alpha value is -2.68. The average molecular weight is 367 g/mol. The molecule has 3 N–H and O–H groups in total. The summed E-state index contributed by atoms with van der Waals surface area (Å²) in [7, 11) is 4.15. The van der Waals surface area contributed by atoms with Gasteiger partial charge in [0.1, 0.15) is 5.82 Å². The first-order chi connectivity index (χ1) is 13.1. The van der Waals surface area contributed by atoms with Crippen LogP contribution in [0.5, 0.6) is 0 Å². The van der Waals surface area contributed by atoms with Gasteiger partial charge in [0, 0.05) is 36.9 Å². The molecule has 5 rings (SSSR count). The Morgan fingerprint density at radius 1 is 1.15 bits per heavy atom. The van der Waals surface area contributed by atoms with Crippen molar-refractivity contribution in [2.75, 3.05) is 17.7 Å². The number of aromatic amines is 1. The molecule has 3 aromatic rings. The first-order valence-corrected chi connectivity index (χ1v) is 9.54. The second kappa shape index (κ2) is 6.19. The zero-order valence-electron chi connectivity index (χ0n) is 15.9. The number of H-pyrrole nitrogens is 1. The van der Waals surface area contributed by atoms with Gasteiger partial charge in [-0.3, -0.25) is 9.78 Å². The van der Waals surface area contributed by atoms with Gasteiger partial charge < -0.3 is 15.5 Å². The highest BCUT2D eigenvalue weighted by atomic mass is 15.3. The van der Waals surface area contributed by atoms with Crippen molar-refractivity contribution in [1.29, 1.82) is 0 Å². The molecule has 5 heterocycles. The molecule has 3 aromatic heterocycles. The SMILES string of the molecule is Cc1cc(Nc2nc(NC3C[C@H]4CC[C@@H](C3)N4C)nc3c2cnn3C)n[nH]1. The Bertz CT molecular complexity index is 961. The van der Waals surface area contributed by atoms with Crippen LogP contribution >= 0.6 is 0 Å². The van der Waals surface area contributed by atoms with E-state index < -0.39 is 0 Å². The molecule has 0 saturated carbocycles. The monoisotopic (exact) mass is 367 g/mol. The number of fused-ring (bicyclic) bond motifs is 3. The van der Waals surface area contributed by atoms with E-state index in [1.807, 2.05) is 20.0 Å². The molecular weight excluding hydrogens is 342 g/mol. The van der Waals surface area contributed by atoms with Crippen LogP contribution in [0, 0.1) is 6.92 Å². The standard InChI is InChI=1S/C18H25N9/c1-10-6-15(25-24-10)21-16-14-9-19-27(3)17(14)23-18(22-16)20-11-7-12-4-5-13(8-11)26(12)2/h6,9,11-13H,4-5,7-8H2,1-3H3,(H3,20,21,22,23,24,25)/t11?,12-,13+. The van der Waals surface area contributed by atoms with E-state index in [1.165, 1.54) is 12.8 Å². The van der Waals surface area contributed by atoms with Crippen molar-refractivity contribution in [3.63, 3.8) is 0 Å². The molecule has 3 atom stereocenters. The van der Waals surface area contributed by atoms with E-state index in [4.69, 9.17) is 9.97 Å². The minimum absolute atomic E-state index is 0.407. The summed E-state index contributed by atoms with van der Waals surface area (Å²) in [5.41, 5.74) is 1.80. The lowest BCUT2D eigenvalue weighted by Gasteiger charge is -2.36. The molecule has 0 radical (unpaired) electrons. The lowest BCUT2D eigenvalue weighted by molar-refractivity contribution is 0.168. The van der Waals surface area contributed by atoms with E-state index in [0.717, 1.165) is 41.2 Å². The van der Waals surface area contributed by atoms with Gasteiger partial charge in [-0.05, 0) is 39.7 Å². The van der Waals surface area contributed by atoms with Crippen LogP contribution in [0.1, 0.15) is 31.4 Å². The molecule has 2 saturated heterocycles. The third kappa shape index (κ3) is 2.91. The number of nitrogens with one attached hydrogen (secondary N) is 3. The fraction of sp³-hybridized carbons (Fsp3) is 0.556. The van der Waals surface area contributed by atoms with Crippen LogP contribution < -0.4 is 10.6 Å². The molecule has 0 aliphatic carbocycles. The smallest absolute Gasteiger partial charge is 0.226 e. The summed E-state index contributed by atoms with van der Waals surface area (Å²) in [5.74, 6) is 2.10. The normalized spacial score (nSPS) is 25.2. The summed E-state index contributed by atoms with van der Waals surface area (Å²) in [4.78, 5) is 12.0. The Labute approximate surface area is 157 Å². The maximum absolute atomic E-state index is 4.75. The molecule has 2 bridgehead atoms. The number of nitrogens with zero attached hydrogens (tertiary/aromatic N) is 6. The third-order valence-electron chi connectivity index (χ3n) is 5.98. The van der Waals surface area contributed by atoms with E-state index in [9.17, 15) is 0 Å². The van der Waals surface area contributed by atoms with Crippen molar-refractivity contribution in [2.24, 2.45) is 7.05 Å². The highest BCUT2D eigenvalue weighted by Gasteiger charge is 2.38. The number of aryl methyl sites for hydroxylation is 2. The zero-order chi connectivity index (χ0) is 18.5. The topological polar surface area (TPSA) is 99.6 Å². The minimum Gasteiger partial charge on any atom is -0.351 e. The van der Waals surface area contributed by atoms with Gasteiger partial charge >= 0.3 is 0 Å². The molecule has 142 valence electrons. The second-order valence-corrected chi connectivity index (χ2v) is 7.83. The Balaban J connectivity index is 1.45. The fourth-order valence-electron chi connectivity index (χ4n) is 4.50. The number of hydrogen-bond acceptors (Lipinski definition) is 7. The van der Waals surface area contributed by atoms with Crippen LogP contribution in [-0.2, 0) is 7.05 Å². The van der Waals surface area contributed by atoms with Crippen LogP contribution in [0.3, 0.4) is 0 Å². The lowest BCUT2D eigenvalue weighted by atomic mass is 9.98. The molecule has 9 heteroatoms. The van der Waals surface area contributed by atoms with Crippen molar-refractivity contribution in [1.82, 2.24) is 34.8 Å². The zero-order valence-corrected chi connectivity index (χ0v) is 15.9.